The lowest BCUT2D eigenvalue weighted by Gasteiger charge is -2.15. The van der Waals surface area contributed by atoms with Gasteiger partial charge in [-0.2, -0.15) is 5.10 Å². The number of fused-ring (bicyclic) bond motifs is 1. The van der Waals surface area contributed by atoms with Gasteiger partial charge in [0.05, 0.1) is 13.3 Å². The molecule has 7 heteroatoms. The van der Waals surface area contributed by atoms with E-state index < -0.39 is 6.04 Å². The number of nitrogens with zero attached hydrogens (tertiary/aromatic N) is 1. The van der Waals surface area contributed by atoms with Crippen LogP contribution in [0.2, 0.25) is 0 Å². The van der Waals surface area contributed by atoms with Gasteiger partial charge in [0.1, 0.15) is 6.04 Å². The number of hydrazone groups is 1. The molecule has 0 aromatic heterocycles. The van der Waals surface area contributed by atoms with Crippen LogP contribution in [0, 0.1) is 0 Å². The van der Waals surface area contributed by atoms with Gasteiger partial charge in [0.25, 0.3) is 5.91 Å². The predicted octanol–water partition coefficient (Wildman–Crippen LogP) is 4.27. The molecule has 0 radical (unpaired) electrons. The number of hydrogen-bond donors (Lipinski definition) is 3. The Labute approximate surface area is 171 Å². The molecule has 0 fully saturated rings. The first kappa shape index (κ1) is 19.7. The highest BCUT2D eigenvalue weighted by Gasteiger charge is 2.13. The Morgan fingerprint density at radius 1 is 1.21 bits per heavy atom. The number of carbonyl (C=O) groups is 1. The fourth-order valence-electron chi connectivity index (χ4n) is 2.76. The van der Waals surface area contributed by atoms with Crippen molar-refractivity contribution in [1.29, 1.82) is 0 Å². The number of nitrogens with one attached hydrogen (secondary N) is 2. The first-order chi connectivity index (χ1) is 13.5. The summed E-state index contributed by atoms with van der Waals surface area (Å²) < 4.78 is 5.82. The number of phenols is 1. The highest BCUT2D eigenvalue weighted by molar-refractivity contribution is 9.10. The summed E-state index contributed by atoms with van der Waals surface area (Å²) in [7, 11) is 1.46. The van der Waals surface area contributed by atoms with Gasteiger partial charge in [0, 0.05) is 21.1 Å². The molecule has 1 amide bonds. The second kappa shape index (κ2) is 8.75. The molecule has 3 aromatic carbocycles. The molecule has 0 heterocycles. The summed E-state index contributed by atoms with van der Waals surface area (Å²) in [5, 5.41) is 19.4. The van der Waals surface area contributed by atoms with E-state index in [9.17, 15) is 9.90 Å². The Bertz CT molecular complexity index is 1030. The lowest BCUT2D eigenvalue weighted by atomic mass is 10.1. The summed E-state index contributed by atoms with van der Waals surface area (Å²) in [6.45, 7) is 1.76. The number of hydrogen-bond acceptors (Lipinski definition) is 5. The zero-order valence-electron chi connectivity index (χ0n) is 15.4. The van der Waals surface area contributed by atoms with Crippen molar-refractivity contribution in [3.8, 4) is 11.5 Å². The van der Waals surface area contributed by atoms with Crippen molar-refractivity contribution in [1.82, 2.24) is 5.43 Å². The molecule has 0 aliphatic rings. The molecule has 28 heavy (non-hydrogen) atoms. The van der Waals surface area contributed by atoms with E-state index in [1.54, 1.807) is 19.1 Å². The van der Waals surface area contributed by atoms with Gasteiger partial charge >= 0.3 is 0 Å². The molecule has 0 spiro atoms. The SMILES string of the molecule is COc1cc(Br)cc(/C=N/NC(=O)C(C)Nc2cccc3ccccc23)c1O. The molecule has 0 bridgehead atoms. The van der Waals surface area contributed by atoms with Crippen molar-refractivity contribution >= 4 is 44.5 Å². The Balaban J connectivity index is 1.68. The van der Waals surface area contributed by atoms with Crippen LogP contribution in [-0.2, 0) is 4.79 Å². The van der Waals surface area contributed by atoms with Crippen LogP contribution in [-0.4, -0.2) is 30.4 Å². The van der Waals surface area contributed by atoms with E-state index in [1.165, 1.54) is 13.3 Å². The summed E-state index contributed by atoms with van der Waals surface area (Å²) in [6.07, 6.45) is 1.37. The lowest BCUT2D eigenvalue weighted by Crippen LogP contribution is -2.34. The van der Waals surface area contributed by atoms with Crippen LogP contribution >= 0.6 is 15.9 Å². The van der Waals surface area contributed by atoms with Crippen LogP contribution in [0.15, 0.2) is 64.2 Å². The van der Waals surface area contributed by atoms with Crippen LogP contribution in [0.5, 0.6) is 11.5 Å². The van der Waals surface area contributed by atoms with Gasteiger partial charge in [-0.25, -0.2) is 5.43 Å². The monoisotopic (exact) mass is 441 g/mol. The van der Waals surface area contributed by atoms with Crippen molar-refractivity contribution < 1.29 is 14.6 Å². The van der Waals surface area contributed by atoms with E-state index >= 15 is 0 Å². The summed E-state index contributed by atoms with van der Waals surface area (Å²) >= 11 is 3.34. The van der Waals surface area contributed by atoms with Gasteiger partial charge in [-0.05, 0) is 30.5 Å². The van der Waals surface area contributed by atoms with Crippen LogP contribution in [0.4, 0.5) is 5.69 Å². The van der Waals surface area contributed by atoms with Crippen LogP contribution in [0.1, 0.15) is 12.5 Å². The fourth-order valence-corrected chi connectivity index (χ4v) is 3.22. The van der Waals surface area contributed by atoms with E-state index in [4.69, 9.17) is 4.74 Å². The third kappa shape index (κ3) is 4.43. The number of carbonyl (C=O) groups excluding carboxylic acids is 1. The second-order valence-electron chi connectivity index (χ2n) is 6.17. The molecule has 144 valence electrons. The number of halogens is 1. The summed E-state index contributed by atoms with van der Waals surface area (Å²) in [5.74, 6) is -0.0376. The highest BCUT2D eigenvalue weighted by Crippen LogP contribution is 2.32. The number of rotatable bonds is 6. The minimum Gasteiger partial charge on any atom is -0.504 e. The predicted molar refractivity (Wildman–Crippen MR) is 115 cm³/mol. The molecule has 3 N–H and O–H groups in total. The molecule has 0 aliphatic heterocycles. The fraction of sp³-hybridized carbons (Fsp3) is 0.143. The smallest absolute Gasteiger partial charge is 0.262 e. The van der Waals surface area contributed by atoms with Crippen molar-refractivity contribution in [2.24, 2.45) is 5.10 Å². The Morgan fingerprint density at radius 3 is 2.75 bits per heavy atom. The number of methoxy groups -OCH3 is 1. The molecule has 1 unspecified atom stereocenters. The molecule has 3 aromatic rings. The van der Waals surface area contributed by atoms with Gasteiger partial charge in [-0.3, -0.25) is 4.79 Å². The zero-order valence-corrected chi connectivity index (χ0v) is 17.0. The maximum atomic E-state index is 12.4. The van der Waals surface area contributed by atoms with E-state index in [-0.39, 0.29) is 11.7 Å². The third-order valence-corrected chi connectivity index (χ3v) is 4.68. The van der Waals surface area contributed by atoms with Gasteiger partial charge in [-0.1, -0.05) is 52.3 Å². The Morgan fingerprint density at radius 2 is 1.96 bits per heavy atom. The quantitative estimate of drug-likeness (QED) is 0.394. The minimum absolute atomic E-state index is 0.0503. The number of aromatic hydroxyl groups is 1. The second-order valence-corrected chi connectivity index (χ2v) is 7.09. The number of amides is 1. The first-order valence-corrected chi connectivity index (χ1v) is 9.42. The molecule has 0 saturated carbocycles. The molecular formula is C21H20BrN3O3. The first-order valence-electron chi connectivity index (χ1n) is 8.63. The third-order valence-electron chi connectivity index (χ3n) is 4.22. The van der Waals surface area contributed by atoms with E-state index in [0.29, 0.717) is 11.3 Å². The highest BCUT2D eigenvalue weighted by atomic mass is 79.9. The average Bonchev–Trinajstić information content (AvgIpc) is 2.70. The Kier molecular flexibility index (Phi) is 6.16. The van der Waals surface area contributed by atoms with Crippen molar-refractivity contribution in [2.45, 2.75) is 13.0 Å². The molecule has 6 nitrogen and oxygen atoms in total. The van der Waals surface area contributed by atoms with Gasteiger partial charge < -0.3 is 15.2 Å². The van der Waals surface area contributed by atoms with E-state index in [1.807, 2.05) is 42.5 Å². The van der Waals surface area contributed by atoms with Gasteiger partial charge in [0.2, 0.25) is 0 Å². The summed E-state index contributed by atoms with van der Waals surface area (Å²) in [5.41, 5.74) is 3.78. The number of ether oxygens (including phenoxy) is 1. The average molecular weight is 442 g/mol. The van der Waals surface area contributed by atoms with Crippen molar-refractivity contribution in [3.63, 3.8) is 0 Å². The van der Waals surface area contributed by atoms with Crippen molar-refractivity contribution in [3.05, 3.63) is 64.6 Å². The van der Waals surface area contributed by atoms with Crippen LogP contribution in [0.25, 0.3) is 10.8 Å². The zero-order chi connectivity index (χ0) is 20.1. The maximum Gasteiger partial charge on any atom is 0.262 e. The summed E-state index contributed by atoms with van der Waals surface area (Å²) in [4.78, 5) is 12.4. The van der Waals surface area contributed by atoms with E-state index in [2.05, 4.69) is 31.8 Å². The van der Waals surface area contributed by atoms with Crippen LogP contribution < -0.4 is 15.5 Å². The molecular weight excluding hydrogens is 422 g/mol. The van der Waals surface area contributed by atoms with Crippen molar-refractivity contribution in [2.75, 3.05) is 12.4 Å². The standard InChI is InChI=1S/C21H20BrN3O3/c1-13(24-18-9-5-7-14-6-3-4-8-17(14)18)21(27)25-23-12-15-10-16(22)11-19(28-2)20(15)26/h3-13,24,26H,1-2H3,(H,25,27)/b23-12+. The number of benzene rings is 3. The normalized spacial score (nSPS) is 12.1. The molecule has 3 rings (SSSR count). The van der Waals surface area contributed by atoms with Gasteiger partial charge in [-0.15, -0.1) is 0 Å². The Hall–Kier alpha value is -3.06. The van der Waals surface area contributed by atoms with Gasteiger partial charge in [0.15, 0.2) is 11.5 Å². The maximum absolute atomic E-state index is 12.4. The number of phenolic OH excluding ortho intramolecular Hbond substituents is 1. The minimum atomic E-state index is -0.506. The number of anilines is 1. The van der Waals surface area contributed by atoms with E-state index in [0.717, 1.165) is 20.9 Å². The van der Waals surface area contributed by atoms with Crippen LogP contribution in [0.3, 0.4) is 0 Å². The topological polar surface area (TPSA) is 83.0 Å². The molecule has 1 atom stereocenters. The largest absolute Gasteiger partial charge is 0.504 e. The molecule has 0 saturated heterocycles. The molecule has 0 aliphatic carbocycles. The lowest BCUT2D eigenvalue weighted by molar-refractivity contribution is -0.121. The summed E-state index contributed by atoms with van der Waals surface area (Å²) in [6, 6.07) is 16.7.